The number of aromatic nitrogens is 1. The Kier molecular flexibility index (Phi) is 5.47. The van der Waals surface area contributed by atoms with E-state index in [0.717, 1.165) is 28.5 Å². The maximum atomic E-state index is 12.8. The molecule has 0 atom stereocenters. The normalized spacial score (nSPS) is 14.9. The van der Waals surface area contributed by atoms with Gasteiger partial charge in [0.2, 0.25) is 0 Å². The van der Waals surface area contributed by atoms with E-state index in [0.29, 0.717) is 24.5 Å². The van der Waals surface area contributed by atoms with Crippen molar-refractivity contribution >= 4 is 34.3 Å². The summed E-state index contributed by atoms with van der Waals surface area (Å²) in [5, 5.41) is 13.8. The molecule has 1 amide bonds. The number of thiazole rings is 1. The van der Waals surface area contributed by atoms with Gasteiger partial charge in [0.05, 0.1) is 16.0 Å². The molecule has 0 bridgehead atoms. The molecule has 0 spiro atoms. The number of non-ortho nitro benzene ring substituents is 1. The number of carbonyl (C=O) groups excluding carboxylic acids is 1. The fourth-order valence-corrected chi connectivity index (χ4v) is 4.87. The van der Waals surface area contributed by atoms with Crippen molar-refractivity contribution in [3.8, 4) is 9.88 Å². The smallest absolute Gasteiger partial charge is 0.269 e. The van der Waals surface area contributed by atoms with E-state index < -0.39 is 0 Å². The summed E-state index contributed by atoms with van der Waals surface area (Å²) < 4.78 is 0. The minimum absolute atomic E-state index is 0.0234. The highest BCUT2D eigenvalue weighted by atomic mass is 32.1. The van der Waals surface area contributed by atoms with Crippen molar-refractivity contribution < 1.29 is 9.72 Å². The van der Waals surface area contributed by atoms with Crippen LogP contribution in [0.15, 0.2) is 48.0 Å². The van der Waals surface area contributed by atoms with Crippen molar-refractivity contribution in [2.24, 2.45) is 0 Å². The lowest BCUT2D eigenvalue weighted by Crippen LogP contribution is -2.48. The van der Waals surface area contributed by atoms with Gasteiger partial charge < -0.3 is 4.90 Å². The lowest BCUT2D eigenvalue weighted by Gasteiger charge is -2.34. The lowest BCUT2D eigenvalue weighted by molar-refractivity contribution is -0.384. The van der Waals surface area contributed by atoms with Crippen LogP contribution >= 0.6 is 22.7 Å². The molecule has 3 heterocycles. The molecule has 3 aromatic rings. The zero-order valence-electron chi connectivity index (χ0n) is 15.0. The molecule has 9 heteroatoms. The Morgan fingerprint density at radius 1 is 1.18 bits per heavy atom. The fourth-order valence-electron chi connectivity index (χ4n) is 3.18. The molecule has 0 N–H and O–H groups in total. The second-order valence-corrected chi connectivity index (χ2v) is 8.48. The highest BCUT2D eigenvalue weighted by Crippen LogP contribution is 2.29. The summed E-state index contributed by atoms with van der Waals surface area (Å²) in [5.41, 5.74) is 1.02. The predicted octanol–water partition coefficient (Wildman–Crippen LogP) is 3.74. The lowest BCUT2D eigenvalue weighted by atomic mass is 10.1. The molecule has 4 rings (SSSR count). The highest BCUT2D eigenvalue weighted by molar-refractivity contribution is 7.21. The van der Waals surface area contributed by atoms with Gasteiger partial charge in [-0.25, -0.2) is 4.98 Å². The first-order valence-corrected chi connectivity index (χ1v) is 10.5. The number of amides is 1. The number of hydrogen-bond acceptors (Lipinski definition) is 7. The third-order valence-corrected chi connectivity index (χ3v) is 6.66. The topological polar surface area (TPSA) is 79.6 Å². The molecule has 1 aliphatic heterocycles. The number of thiophene rings is 1. The quantitative estimate of drug-likeness (QED) is 0.469. The second-order valence-electron chi connectivity index (χ2n) is 6.50. The van der Waals surface area contributed by atoms with Gasteiger partial charge in [0.1, 0.15) is 9.88 Å². The molecule has 2 aromatic heterocycles. The molecule has 1 saturated heterocycles. The molecule has 0 unspecified atom stereocenters. The Morgan fingerprint density at radius 3 is 2.71 bits per heavy atom. The van der Waals surface area contributed by atoms with Gasteiger partial charge in [-0.2, -0.15) is 0 Å². The third-order valence-electron chi connectivity index (χ3n) is 4.64. The molecule has 1 aliphatic rings. The summed E-state index contributed by atoms with van der Waals surface area (Å²) in [6.45, 7) is 3.41. The number of piperazine rings is 1. The van der Waals surface area contributed by atoms with Crippen LogP contribution in [0, 0.1) is 10.1 Å². The molecule has 144 valence electrons. The Balaban J connectivity index is 1.34. The Labute approximate surface area is 170 Å². The Morgan fingerprint density at radius 2 is 2.00 bits per heavy atom. The van der Waals surface area contributed by atoms with Crippen LogP contribution in [0.1, 0.15) is 15.2 Å². The summed E-state index contributed by atoms with van der Waals surface area (Å²) in [4.78, 5) is 33.5. The minimum atomic E-state index is -0.375. The van der Waals surface area contributed by atoms with E-state index in [1.165, 1.54) is 17.4 Å². The Hall–Kier alpha value is -2.62. The average molecular weight is 415 g/mol. The molecule has 1 aromatic carbocycles. The maximum absolute atomic E-state index is 12.8. The predicted molar refractivity (Wildman–Crippen MR) is 110 cm³/mol. The second kappa shape index (κ2) is 8.17. The van der Waals surface area contributed by atoms with E-state index in [1.807, 2.05) is 28.5 Å². The molecular weight excluding hydrogens is 396 g/mol. The Bertz CT molecular complexity index is 979. The van der Waals surface area contributed by atoms with Gasteiger partial charge in [0, 0.05) is 44.9 Å². The van der Waals surface area contributed by atoms with Gasteiger partial charge >= 0.3 is 0 Å². The largest absolute Gasteiger partial charge is 0.335 e. The van der Waals surface area contributed by atoms with Crippen LogP contribution in [0.4, 0.5) is 5.69 Å². The van der Waals surface area contributed by atoms with Crippen molar-refractivity contribution in [3.63, 3.8) is 0 Å². The standard InChI is InChI=1S/C19H18N4O3S2/c24-19(17-12-20-18(28-17)16-5-2-10-27-16)22-8-6-21(7-9-22)13-14-3-1-4-15(11-14)23(25)26/h1-5,10-12H,6-9,13H2. The van der Waals surface area contributed by atoms with Crippen LogP contribution in [-0.4, -0.2) is 51.8 Å². The summed E-state index contributed by atoms with van der Waals surface area (Å²) in [7, 11) is 0. The van der Waals surface area contributed by atoms with Crippen molar-refractivity contribution in [2.45, 2.75) is 6.54 Å². The first-order chi connectivity index (χ1) is 13.6. The number of carbonyl (C=O) groups is 1. The zero-order chi connectivity index (χ0) is 19.5. The van der Waals surface area contributed by atoms with Crippen LogP contribution in [-0.2, 0) is 6.54 Å². The van der Waals surface area contributed by atoms with E-state index in [-0.39, 0.29) is 16.5 Å². The van der Waals surface area contributed by atoms with Crippen LogP contribution in [0.5, 0.6) is 0 Å². The molecule has 1 fully saturated rings. The van der Waals surface area contributed by atoms with Gasteiger partial charge in [0.25, 0.3) is 11.6 Å². The van der Waals surface area contributed by atoms with Crippen LogP contribution < -0.4 is 0 Å². The summed E-state index contributed by atoms with van der Waals surface area (Å²) in [5.74, 6) is 0.0234. The van der Waals surface area contributed by atoms with Crippen molar-refractivity contribution in [2.75, 3.05) is 26.2 Å². The molecule has 0 radical (unpaired) electrons. The number of hydrogen-bond donors (Lipinski definition) is 0. The number of nitro benzene ring substituents is 1. The van der Waals surface area contributed by atoms with Crippen molar-refractivity contribution in [3.05, 3.63) is 68.5 Å². The molecule has 7 nitrogen and oxygen atoms in total. The number of nitro groups is 1. The van der Waals surface area contributed by atoms with Gasteiger partial charge in [-0.15, -0.1) is 22.7 Å². The van der Waals surface area contributed by atoms with E-state index in [9.17, 15) is 14.9 Å². The number of benzene rings is 1. The number of nitrogens with zero attached hydrogens (tertiary/aromatic N) is 4. The summed E-state index contributed by atoms with van der Waals surface area (Å²) >= 11 is 3.05. The number of rotatable bonds is 5. The van der Waals surface area contributed by atoms with E-state index >= 15 is 0 Å². The third kappa shape index (κ3) is 4.11. The summed E-state index contributed by atoms with van der Waals surface area (Å²) in [6.07, 6.45) is 1.66. The van der Waals surface area contributed by atoms with Gasteiger partial charge in [-0.05, 0) is 17.0 Å². The molecule has 0 aliphatic carbocycles. The highest BCUT2D eigenvalue weighted by Gasteiger charge is 2.24. The van der Waals surface area contributed by atoms with E-state index in [2.05, 4.69) is 9.88 Å². The van der Waals surface area contributed by atoms with Crippen LogP contribution in [0.25, 0.3) is 9.88 Å². The van der Waals surface area contributed by atoms with Crippen LogP contribution in [0.2, 0.25) is 0 Å². The van der Waals surface area contributed by atoms with Gasteiger partial charge in [-0.1, -0.05) is 18.2 Å². The van der Waals surface area contributed by atoms with Crippen molar-refractivity contribution in [1.29, 1.82) is 0 Å². The van der Waals surface area contributed by atoms with Gasteiger partial charge in [0.15, 0.2) is 0 Å². The first kappa shape index (κ1) is 18.7. The first-order valence-electron chi connectivity index (χ1n) is 8.85. The zero-order valence-corrected chi connectivity index (χ0v) is 16.6. The summed E-state index contributed by atoms with van der Waals surface area (Å²) in [6, 6.07) is 10.7. The monoisotopic (exact) mass is 414 g/mol. The van der Waals surface area contributed by atoms with E-state index in [1.54, 1.807) is 29.7 Å². The van der Waals surface area contributed by atoms with Gasteiger partial charge in [-0.3, -0.25) is 19.8 Å². The molecule has 28 heavy (non-hydrogen) atoms. The maximum Gasteiger partial charge on any atom is 0.269 e. The van der Waals surface area contributed by atoms with Crippen LogP contribution in [0.3, 0.4) is 0 Å². The van der Waals surface area contributed by atoms with Crippen molar-refractivity contribution in [1.82, 2.24) is 14.8 Å². The fraction of sp³-hybridized carbons (Fsp3) is 0.263. The molecular formula is C19H18N4O3S2. The average Bonchev–Trinajstić information content (AvgIpc) is 3.40. The molecule has 0 saturated carbocycles. The minimum Gasteiger partial charge on any atom is -0.335 e. The SMILES string of the molecule is O=C(c1cnc(-c2cccs2)s1)N1CCN(Cc2cccc([N+](=O)[O-])c2)CC1. The van der Waals surface area contributed by atoms with E-state index in [4.69, 9.17) is 0 Å².